The Bertz CT molecular complexity index is 791. The van der Waals surface area contributed by atoms with Crippen LogP contribution in [-0.4, -0.2) is 30.0 Å². The first kappa shape index (κ1) is 18.6. The molecule has 3 rings (SSSR count). The molecule has 6 nitrogen and oxygen atoms in total. The van der Waals surface area contributed by atoms with Gasteiger partial charge in [0, 0.05) is 18.9 Å². The van der Waals surface area contributed by atoms with Crippen molar-refractivity contribution in [1.29, 1.82) is 0 Å². The fraction of sp³-hybridized carbons (Fsp3) is 0.286. The van der Waals surface area contributed by atoms with Gasteiger partial charge in [-0.2, -0.15) is 0 Å². The van der Waals surface area contributed by atoms with Gasteiger partial charge in [0.15, 0.2) is 11.9 Å². The average Bonchev–Trinajstić information content (AvgIpc) is 2.70. The third-order valence-corrected chi connectivity index (χ3v) is 4.39. The minimum Gasteiger partial charge on any atom is -0.451 e. The molecule has 2 aromatic rings. The Kier molecular flexibility index (Phi) is 6.20. The summed E-state index contributed by atoms with van der Waals surface area (Å²) in [5.41, 5.74) is 1.28. The number of hydrogen-bond donors (Lipinski definition) is 1. The number of Topliss-reactive ketones (excluding diaryl/α,β-unsaturated/α-hetero) is 1. The van der Waals surface area contributed by atoms with Crippen LogP contribution >= 0.6 is 0 Å². The first-order valence-corrected chi connectivity index (χ1v) is 8.88. The van der Waals surface area contributed by atoms with Crippen LogP contribution < -0.4 is 5.32 Å². The summed E-state index contributed by atoms with van der Waals surface area (Å²) in [5.74, 6) is -0.670. The van der Waals surface area contributed by atoms with Crippen molar-refractivity contribution in [2.75, 3.05) is 0 Å². The lowest BCUT2D eigenvalue weighted by molar-refractivity contribution is -0.130. The molecule has 1 aliphatic rings. The molecule has 0 aliphatic heterocycles. The van der Waals surface area contributed by atoms with Crippen LogP contribution in [0.15, 0.2) is 60.7 Å². The number of nitrogens with one attached hydrogen (secondary N) is 1. The molecule has 2 aromatic carbocycles. The molecule has 6 heteroatoms. The lowest BCUT2D eigenvalue weighted by Gasteiger charge is -2.28. The van der Waals surface area contributed by atoms with E-state index in [4.69, 9.17) is 9.47 Å². The number of amides is 1. The Hall–Kier alpha value is -3.15. The number of hydrogen-bond acceptors (Lipinski definition) is 5. The quantitative estimate of drug-likeness (QED) is 0.821. The van der Waals surface area contributed by atoms with Crippen LogP contribution in [-0.2, 0) is 20.9 Å². The van der Waals surface area contributed by atoms with Gasteiger partial charge in [-0.25, -0.2) is 9.59 Å². The van der Waals surface area contributed by atoms with E-state index in [1.54, 1.807) is 30.3 Å². The van der Waals surface area contributed by atoms with Crippen molar-refractivity contribution in [2.45, 2.75) is 38.0 Å². The van der Waals surface area contributed by atoms with E-state index in [1.165, 1.54) is 0 Å². The number of ketones is 1. The van der Waals surface area contributed by atoms with Gasteiger partial charge in [-0.05, 0) is 24.1 Å². The molecule has 140 valence electrons. The SMILES string of the molecule is O=C(N[C@@H]1CCC(=O)[C@@H](OC(=O)c2ccccc2)C1)OCc1ccccc1. The van der Waals surface area contributed by atoms with Gasteiger partial charge >= 0.3 is 12.1 Å². The van der Waals surface area contributed by atoms with Gasteiger partial charge in [-0.15, -0.1) is 0 Å². The molecule has 1 saturated carbocycles. The normalized spacial score (nSPS) is 19.2. The molecule has 0 radical (unpaired) electrons. The van der Waals surface area contributed by atoms with Crippen LogP contribution in [0.5, 0.6) is 0 Å². The molecule has 0 unspecified atom stereocenters. The first-order chi connectivity index (χ1) is 13.1. The summed E-state index contributed by atoms with van der Waals surface area (Å²) in [6.07, 6.45) is -0.412. The summed E-state index contributed by atoms with van der Waals surface area (Å²) < 4.78 is 10.6. The zero-order valence-corrected chi connectivity index (χ0v) is 14.8. The molecule has 0 spiro atoms. The molecule has 0 aromatic heterocycles. The van der Waals surface area contributed by atoms with E-state index >= 15 is 0 Å². The maximum atomic E-state index is 12.2. The number of rotatable bonds is 5. The predicted molar refractivity (Wildman–Crippen MR) is 98.1 cm³/mol. The molecule has 2 atom stereocenters. The summed E-state index contributed by atoms with van der Waals surface area (Å²) in [4.78, 5) is 36.2. The standard InChI is InChI=1S/C21H21NO5/c23-18-12-11-17(22-21(25)26-14-15-7-3-1-4-8-15)13-19(18)27-20(24)16-9-5-2-6-10-16/h1-10,17,19H,11-14H2,(H,22,25)/t17-,19+/m1/s1. The first-order valence-electron chi connectivity index (χ1n) is 8.88. The highest BCUT2D eigenvalue weighted by Crippen LogP contribution is 2.20. The molecule has 0 saturated heterocycles. The second-order valence-corrected chi connectivity index (χ2v) is 6.40. The molecule has 1 N–H and O–H groups in total. The van der Waals surface area contributed by atoms with E-state index in [2.05, 4.69) is 5.32 Å². The number of benzene rings is 2. The van der Waals surface area contributed by atoms with Gasteiger partial charge in [-0.1, -0.05) is 48.5 Å². The minimum atomic E-state index is -0.856. The smallest absolute Gasteiger partial charge is 0.407 e. The van der Waals surface area contributed by atoms with Crippen LogP contribution in [0.25, 0.3) is 0 Å². The summed E-state index contributed by atoms with van der Waals surface area (Å²) in [6.45, 7) is 0.171. The van der Waals surface area contributed by atoms with Crippen molar-refractivity contribution < 1.29 is 23.9 Å². The molecule has 0 heterocycles. The Morgan fingerprint density at radius 1 is 1.00 bits per heavy atom. The van der Waals surface area contributed by atoms with Gasteiger partial charge in [0.25, 0.3) is 0 Å². The second-order valence-electron chi connectivity index (χ2n) is 6.40. The molecule has 0 bridgehead atoms. The van der Waals surface area contributed by atoms with Gasteiger partial charge < -0.3 is 14.8 Å². The van der Waals surface area contributed by atoms with Crippen molar-refractivity contribution >= 4 is 17.8 Å². The average molecular weight is 367 g/mol. The lowest BCUT2D eigenvalue weighted by Crippen LogP contribution is -2.44. The summed E-state index contributed by atoms with van der Waals surface area (Å²) in [7, 11) is 0. The minimum absolute atomic E-state index is 0.130. The highest BCUT2D eigenvalue weighted by atomic mass is 16.6. The maximum Gasteiger partial charge on any atom is 0.407 e. The maximum absolute atomic E-state index is 12.2. The van der Waals surface area contributed by atoms with E-state index in [0.29, 0.717) is 12.0 Å². The van der Waals surface area contributed by atoms with E-state index < -0.39 is 18.2 Å². The molecule has 1 amide bonds. The molecule has 1 aliphatic carbocycles. The van der Waals surface area contributed by atoms with Crippen LogP contribution in [0, 0.1) is 0 Å². The third kappa shape index (κ3) is 5.41. The summed E-state index contributed by atoms with van der Waals surface area (Å²) in [6, 6.07) is 17.6. The summed E-state index contributed by atoms with van der Waals surface area (Å²) >= 11 is 0. The van der Waals surface area contributed by atoms with Crippen molar-refractivity contribution in [3.05, 3.63) is 71.8 Å². The Morgan fingerprint density at radius 2 is 1.67 bits per heavy atom. The number of esters is 1. The lowest BCUT2D eigenvalue weighted by atomic mass is 9.91. The molecular weight excluding hydrogens is 346 g/mol. The van der Waals surface area contributed by atoms with Crippen molar-refractivity contribution in [2.24, 2.45) is 0 Å². The van der Waals surface area contributed by atoms with E-state index in [1.807, 2.05) is 30.3 Å². The zero-order chi connectivity index (χ0) is 19.1. The van der Waals surface area contributed by atoms with Crippen molar-refractivity contribution in [1.82, 2.24) is 5.32 Å². The van der Waals surface area contributed by atoms with Gasteiger partial charge in [0.05, 0.1) is 5.56 Å². The van der Waals surface area contributed by atoms with Crippen LogP contribution in [0.2, 0.25) is 0 Å². The molecular formula is C21H21NO5. The summed E-state index contributed by atoms with van der Waals surface area (Å²) in [5, 5.41) is 2.75. The number of carbonyl (C=O) groups is 3. The van der Waals surface area contributed by atoms with Gasteiger partial charge in [0.1, 0.15) is 6.61 Å². The monoisotopic (exact) mass is 367 g/mol. The fourth-order valence-electron chi connectivity index (χ4n) is 2.93. The molecule has 1 fully saturated rings. The number of carbonyl (C=O) groups excluding carboxylic acids is 3. The van der Waals surface area contributed by atoms with E-state index in [0.717, 1.165) is 5.56 Å². The second kappa shape index (κ2) is 8.98. The molecule has 27 heavy (non-hydrogen) atoms. The van der Waals surface area contributed by atoms with Gasteiger partial charge in [0.2, 0.25) is 0 Å². The van der Waals surface area contributed by atoms with Crippen LogP contribution in [0.4, 0.5) is 4.79 Å². The third-order valence-electron chi connectivity index (χ3n) is 4.39. The van der Waals surface area contributed by atoms with E-state index in [-0.39, 0.29) is 31.3 Å². The fourth-order valence-corrected chi connectivity index (χ4v) is 2.93. The van der Waals surface area contributed by atoms with E-state index in [9.17, 15) is 14.4 Å². The van der Waals surface area contributed by atoms with Crippen molar-refractivity contribution in [3.8, 4) is 0 Å². The number of alkyl carbamates (subject to hydrolysis) is 1. The predicted octanol–water partition coefficient (Wildman–Crippen LogP) is 3.26. The largest absolute Gasteiger partial charge is 0.451 e. The van der Waals surface area contributed by atoms with Crippen LogP contribution in [0.3, 0.4) is 0 Å². The highest BCUT2D eigenvalue weighted by molar-refractivity contribution is 5.93. The van der Waals surface area contributed by atoms with Crippen LogP contribution in [0.1, 0.15) is 35.2 Å². The topological polar surface area (TPSA) is 81.7 Å². The van der Waals surface area contributed by atoms with Gasteiger partial charge in [-0.3, -0.25) is 4.79 Å². The Balaban J connectivity index is 1.50. The zero-order valence-electron chi connectivity index (χ0n) is 14.8. The highest BCUT2D eigenvalue weighted by Gasteiger charge is 2.32. The van der Waals surface area contributed by atoms with Crippen molar-refractivity contribution in [3.63, 3.8) is 0 Å². The number of ether oxygens (including phenoxy) is 2. The Morgan fingerprint density at radius 3 is 2.37 bits per heavy atom. The Labute approximate surface area is 157 Å².